The Balaban J connectivity index is 1.36. The van der Waals surface area contributed by atoms with E-state index in [2.05, 4.69) is 54.5 Å². The van der Waals surface area contributed by atoms with E-state index >= 15 is 0 Å². The Morgan fingerprint density at radius 3 is 2.76 bits per heavy atom. The molecule has 1 aliphatic rings. The minimum atomic E-state index is -0.141. The van der Waals surface area contributed by atoms with Crippen LogP contribution in [0.1, 0.15) is 29.5 Å². The van der Waals surface area contributed by atoms with Crippen molar-refractivity contribution in [3.63, 3.8) is 0 Å². The van der Waals surface area contributed by atoms with Gasteiger partial charge in [0.05, 0.1) is 11.4 Å². The van der Waals surface area contributed by atoms with Crippen LogP contribution in [0.5, 0.6) is 0 Å². The molecule has 7 heteroatoms. The van der Waals surface area contributed by atoms with Crippen LogP contribution < -0.4 is 15.8 Å². The summed E-state index contributed by atoms with van der Waals surface area (Å²) >= 11 is 1.42. The molecule has 2 aromatic heterocycles. The first-order chi connectivity index (χ1) is 16.5. The van der Waals surface area contributed by atoms with Gasteiger partial charge in [0, 0.05) is 30.6 Å². The van der Waals surface area contributed by atoms with Gasteiger partial charge in [-0.1, -0.05) is 54.1 Å². The van der Waals surface area contributed by atoms with Crippen molar-refractivity contribution in [2.75, 3.05) is 18.0 Å². The van der Waals surface area contributed by atoms with Gasteiger partial charge in [-0.2, -0.15) is 0 Å². The maximum Gasteiger partial charge on any atom is 0.270 e. The Morgan fingerprint density at radius 1 is 1.18 bits per heavy atom. The SMILES string of the molecule is Cc1ccc(-c2csc3c(=O)[nH]c(N4CCC[C@H](C(=O)NCc5ccccc5C)C4)nc23)cc1. The zero-order valence-electron chi connectivity index (χ0n) is 19.4. The number of hydrogen-bond acceptors (Lipinski definition) is 5. The van der Waals surface area contributed by atoms with E-state index in [-0.39, 0.29) is 17.4 Å². The van der Waals surface area contributed by atoms with Crippen molar-refractivity contribution in [1.82, 2.24) is 15.3 Å². The third-order valence-electron chi connectivity index (χ3n) is 6.58. The molecule has 0 radical (unpaired) electrons. The molecule has 5 rings (SSSR count). The van der Waals surface area contributed by atoms with Crippen molar-refractivity contribution in [3.8, 4) is 11.1 Å². The fourth-order valence-electron chi connectivity index (χ4n) is 4.52. The Kier molecular flexibility index (Phi) is 6.20. The number of aromatic amines is 1. The zero-order valence-corrected chi connectivity index (χ0v) is 20.2. The molecule has 2 N–H and O–H groups in total. The van der Waals surface area contributed by atoms with Gasteiger partial charge in [-0.15, -0.1) is 11.3 Å². The molecule has 174 valence electrons. The molecule has 0 unspecified atom stereocenters. The normalized spacial score (nSPS) is 16.1. The number of carbonyl (C=O) groups is 1. The van der Waals surface area contributed by atoms with E-state index in [0.717, 1.165) is 41.6 Å². The molecule has 6 nitrogen and oxygen atoms in total. The first-order valence-electron chi connectivity index (χ1n) is 11.7. The quantitative estimate of drug-likeness (QED) is 0.437. The van der Waals surface area contributed by atoms with Gasteiger partial charge >= 0.3 is 0 Å². The van der Waals surface area contributed by atoms with Gasteiger partial charge in [0.15, 0.2) is 0 Å². The lowest BCUT2D eigenvalue weighted by Gasteiger charge is -2.32. The molecule has 1 atom stereocenters. The number of carbonyl (C=O) groups excluding carboxylic acids is 1. The number of fused-ring (bicyclic) bond motifs is 1. The summed E-state index contributed by atoms with van der Waals surface area (Å²) in [6.07, 6.45) is 1.70. The summed E-state index contributed by atoms with van der Waals surface area (Å²) in [5.41, 5.74) is 6.09. The number of hydrogen-bond donors (Lipinski definition) is 2. The Hall–Kier alpha value is -3.45. The molecule has 1 amide bonds. The molecule has 3 heterocycles. The Morgan fingerprint density at radius 2 is 1.97 bits per heavy atom. The van der Waals surface area contributed by atoms with Crippen LogP contribution in [0.15, 0.2) is 58.7 Å². The summed E-state index contributed by atoms with van der Waals surface area (Å²) in [5.74, 6) is 0.450. The van der Waals surface area contributed by atoms with Crippen LogP contribution in [0.2, 0.25) is 0 Å². The third-order valence-corrected chi connectivity index (χ3v) is 7.55. The lowest BCUT2D eigenvalue weighted by molar-refractivity contribution is -0.125. The van der Waals surface area contributed by atoms with Crippen LogP contribution >= 0.6 is 11.3 Å². The maximum absolute atomic E-state index is 12.9. The van der Waals surface area contributed by atoms with Gasteiger partial charge in [0.25, 0.3) is 5.56 Å². The van der Waals surface area contributed by atoms with Crippen LogP contribution in [-0.2, 0) is 11.3 Å². The number of nitrogens with zero attached hydrogens (tertiary/aromatic N) is 2. The summed E-state index contributed by atoms with van der Waals surface area (Å²) in [6.45, 7) is 5.94. The largest absolute Gasteiger partial charge is 0.352 e. The van der Waals surface area contributed by atoms with Gasteiger partial charge in [0.1, 0.15) is 4.70 Å². The average molecular weight is 473 g/mol. The smallest absolute Gasteiger partial charge is 0.270 e. The molecule has 0 aliphatic carbocycles. The average Bonchev–Trinajstić information content (AvgIpc) is 3.28. The lowest BCUT2D eigenvalue weighted by atomic mass is 9.97. The highest BCUT2D eigenvalue weighted by molar-refractivity contribution is 7.17. The summed E-state index contributed by atoms with van der Waals surface area (Å²) in [6, 6.07) is 16.3. The molecule has 4 aromatic rings. The molecule has 1 aliphatic heterocycles. The van der Waals surface area contributed by atoms with Gasteiger partial charge in [-0.3, -0.25) is 14.6 Å². The number of piperidine rings is 1. The van der Waals surface area contributed by atoms with Gasteiger partial charge < -0.3 is 10.2 Å². The van der Waals surface area contributed by atoms with E-state index in [1.165, 1.54) is 22.5 Å². The maximum atomic E-state index is 12.9. The first kappa shape index (κ1) is 22.3. The fourth-order valence-corrected chi connectivity index (χ4v) is 5.43. The predicted octanol–water partition coefficient (Wildman–Crippen LogP) is 4.80. The monoisotopic (exact) mass is 472 g/mol. The fraction of sp³-hybridized carbons (Fsp3) is 0.296. The number of thiophene rings is 1. The minimum Gasteiger partial charge on any atom is -0.352 e. The second-order valence-electron chi connectivity index (χ2n) is 9.01. The third kappa shape index (κ3) is 4.48. The Bertz CT molecular complexity index is 1390. The van der Waals surface area contributed by atoms with Crippen LogP contribution in [0.4, 0.5) is 5.95 Å². The van der Waals surface area contributed by atoms with Crippen molar-refractivity contribution in [2.24, 2.45) is 5.92 Å². The van der Waals surface area contributed by atoms with Crippen LogP contribution in [0, 0.1) is 19.8 Å². The molecule has 34 heavy (non-hydrogen) atoms. The molecule has 0 saturated carbocycles. The molecule has 0 spiro atoms. The molecule has 2 aromatic carbocycles. The molecular formula is C27H28N4O2S. The van der Waals surface area contributed by atoms with Crippen molar-refractivity contribution in [1.29, 1.82) is 0 Å². The molecular weight excluding hydrogens is 444 g/mol. The molecule has 1 fully saturated rings. The number of H-pyrrole nitrogens is 1. The number of anilines is 1. The van der Waals surface area contributed by atoms with E-state index in [4.69, 9.17) is 4.98 Å². The van der Waals surface area contributed by atoms with Crippen molar-refractivity contribution < 1.29 is 4.79 Å². The van der Waals surface area contributed by atoms with Crippen LogP contribution in [0.25, 0.3) is 21.3 Å². The van der Waals surface area contributed by atoms with Crippen LogP contribution in [-0.4, -0.2) is 29.0 Å². The summed E-state index contributed by atoms with van der Waals surface area (Å²) < 4.78 is 0.629. The molecule has 1 saturated heterocycles. The van der Waals surface area contributed by atoms with Gasteiger partial charge in [-0.05, 0) is 43.4 Å². The van der Waals surface area contributed by atoms with Crippen molar-refractivity contribution >= 4 is 33.4 Å². The van der Waals surface area contributed by atoms with Crippen LogP contribution in [0.3, 0.4) is 0 Å². The number of nitrogens with one attached hydrogen (secondary N) is 2. The van der Waals surface area contributed by atoms with E-state index in [1.807, 2.05) is 28.5 Å². The number of aromatic nitrogens is 2. The van der Waals surface area contributed by atoms with Gasteiger partial charge in [-0.25, -0.2) is 4.98 Å². The minimum absolute atomic E-state index is 0.0484. The highest BCUT2D eigenvalue weighted by Gasteiger charge is 2.27. The van der Waals surface area contributed by atoms with Crippen molar-refractivity contribution in [3.05, 3.63) is 81.0 Å². The molecule has 0 bridgehead atoms. The highest BCUT2D eigenvalue weighted by Crippen LogP contribution is 2.32. The standard InChI is InChI=1S/C27H28N4O2S/c1-17-9-11-19(12-10-17)22-16-34-24-23(22)29-27(30-26(24)33)31-13-5-8-21(15-31)25(32)28-14-20-7-4-3-6-18(20)2/h3-4,6-7,9-12,16,21H,5,8,13-15H2,1-2H3,(H,28,32)(H,29,30,33)/t21-/m0/s1. The van der Waals surface area contributed by atoms with E-state index in [0.29, 0.717) is 23.7 Å². The highest BCUT2D eigenvalue weighted by atomic mass is 32.1. The van der Waals surface area contributed by atoms with Crippen molar-refractivity contribution in [2.45, 2.75) is 33.2 Å². The van der Waals surface area contributed by atoms with Gasteiger partial charge in [0.2, 0.25) is 11.9 Å². The second-order valence-corrected chi connectivity index (χ2v) is 9.89. The summed E-state index contributed by atoms with van der Waals surface area (Å²) in [5, 5.41) is 5.10. The van der Waals surface area contributed by atoms with E-state index in [9.17, 15) is 9.59 Å². The number of rotatable bonds is 5. The number of aryl methyl sites for hydroxylation is 2. The Labute approximate surface area is 202 Å². The zero-order chi connectivity index (χ0) is 23.7. The number of benzene rings is 2. The predicted molar refractivity (Wildman–Crippen MR) is 138 cm³/mol. The topological polar surface area (TPSA) is 78.1 Å². The van der Waals surface area contributed by atoms with E-state index in [1.54, 1.807) is 0 Å². The first-order valence-corrected chi connectivity index (χ1v) is 12.5. The summed E-state index contributed by atoms with van der Waals surface area (Å²) in [4.78, 5) is 35.7. The second kappa shape index (κ2) is 9.43. The summed E-state index contributed by atoms with van der Waals surface area (Å²) in [7, 11) is 0. The lowest BCUT2D eigenvalue weighted by Crippen LogP contribution is -2.44. The van der Waals surface area contributed by atoms with E-state index < -0.39 is 0 Å². The number of amides is 1.